The molecule has 2 rings (SSSR count). The zero-order chi connectivity index (χ0) is 23.3. The maximum Gasteiger partial charge on any atom is 0.335 e. The van der Waals surface area contributed by atoms with Gasteiger partial charge in [-0.05, 0) is 25.0 Å². The quantitative estimate of drug-likeness (QED) is 0.251. The Morgan fingerprint density at radius 2 is 1.31 bits per heavy atom. The number of imidazole rings is 1. The lowest BCUT2D eigenvalue weighted by molar-refractivity contribution is 0.0697. The van der Waals surface area contributed by atoms with Gasteiger partial charge < -0.3 is 9.67 Å². The molecule has 4 heteroatoms. The largest absolute Gasteiger partial charge is 0.478 e. The molecule has 0 atom stereocenters. The number of hydrogen-bond acceptors (Lipinski definition) is 2. The Kier molecular flexibility index (Phi) is 17.1. The molecule has 1 heterocycles. The summed E-state index contributed by atoms with van der Waals surface area (Å²) in [6.45, 7) is 5.73. The third-order valence-corrected chi connectivity index (χ3v) is 5.83. The van der Waals surface area contributed by atoms with Crippen LogP contribution in [0.15, 0.2) is 42.7 Å². The lowest BCUT2D eigenvalue weighted by Gasteiger charge is -2.08. The van der Waals surface area contributed by atoms with Gasteiger partial charge in [-0.1, -0.05) is 109 Å². The summed E-state index contributed by atoms with van der Waals surface area (Å²) in [4.78, 5) is 14.8. The minimum Gasteiger partial charge on any atom is -0.478 e. The molecule has 1 aromatic carbocycles. The fourth-order valence-corrected chi connectivity index (χ4v) is 3.83. The number of nitrogens with zero attached hydrogens (tertiary/aromatic N) is 2. The van der Waals surface area contributed by atoms with Crippen molar-refractivity contribution in [3.8, 4) is 0 Å². The van der Waals surface area contributed by atoms with Crippen molar-refractivity contribution in [3.63, 3.8) is 0 Å². The van der Waals surface area contributed by atoms with Gasteiger partial charge in [0.25, 0.3) is 0 Å². The predicted octanol–water partition coefficient (Wildman–Crippen LogP) is 8.31. The number of aryl methyl sites for hydroxylation is 2. The maximum absolute atomic E-state index is 10.2. The molecule has 0 aliphatic carbocycles. The van der Waals surface area contributed by atoms with E-state index in [4.69, 9.17) is 5.11 Å². The van der Waals surface area contributed by atoms with Crippen LogP contribution in [0.2, 0.25) is 0 Å². The van der Waals surface area contributed by atoms with Crippen molar-refractivity contribution in [2.24, 2.45) is 0 Å². The second-order valence-corrected chi connectivity index (χ2v) is 8.70. The van der Waals surface area contributed by atoms with Crippen molar-refractivity contribution in [2.45, 2.75) is 117 Å². The van der Waals surface area contributed by atoms with Crippen molar-refractivity contribution >= 4 is 5.97 Å². The van der Waals surface area contributed by atoms with Crippen molar-refractivity contribution in [2.75, 3.05) is 0 Å². The topological polar surface area (TPSA) is 55.1 Å². The minimum absolute atomic E-state index is 0.331. The van der Waals surface area contributed by atoms with Gasteiger partial charge in [-0.25, -0.2) is 9.78 Å². The number of aromatic nitrogens is 2. The van der Waals surface area contributed by atoms with Crippen LogP contribution in [0.1, 0.15) is 120 Å². The molecule has 0 aliphatic rings. The van der Waals surface area contributed by atoms with E-state index in [0.29, 0.717) is 5.56 Å². The molecular formula is C28H46N2O2. The van der Waals surface area contributed by atoms with E-state index in [2.05, 4.69) is 29.6 Å². The molecule has 0 radical (unpaired) electrons. The van der Waals surface area contributed by atoms with Gasteiger partial charge in [0.2, 0.25) is 0 Å². The molecule has 0 bridgehead atoms. The Balaban J connectivity index is 0.000000471. The van der Waals surface area contributed by atoms with Crippen LogP contribution < -0.4 is 0 Å². The number of unbranched alkanes of at least 4 members (excludes halogenated alkanes) is 12. The summed E-state index contributed by atoms with van der Waals surface area (Å²) in [5.74, 6) is 0.431. The first-order valence-corrected chi connectivity index (χ1v) is 13.0. The highest BCUT2D eigenvalue weighted by Gasteiger charge is 2.02. The van der Waals surface area contributed by atoms with E-state index in [-0.39, 0.29) is 0 Å². The zero-order valence-electron chi connectivity index (χ0n) is 20.6. The number of carbonyl (C=O) groups is 1. The summed E-state index contributed by atoms with van der Waals surface area (Å²) in [6, 6.07) is 8.30. The van der Waals surface area contributed by atoms with E-state index < -0.39 is 5.97 Å². The third kappa shape index (κ3) is 14.1. The molecule has 32 heavy (non-hydrogen) atoms. The molecule has 0 amide bonds. The van der Waals surface area contributed by atoms with Crippen LogP contribution in [0.4, 0.5) is 0 Å². The van der Waals surface area contributed by atoms with Crippen LogP contribution >= 0.6 is 0 Å². The first kappa shape index (κ1) is 27.9. The van der Waals surface area contributed by atoms with Gasteiger partial charge in [0.1, 0.15) is 5.82 Å². The molecular weight excluding hydrogens is 396 g/mol. The Labute approximate surface area is 196 Å². The van der Waals surface area contributed by atoms with E-state index in [0.717, 1.165) is 6.42 Å². The standard InChI is InChI=1S/C21H40N2.C7H6O2/c1-3-5-7-9-11-13-15-17-21-22-18-20-23(21)19-16-14-12-10-8-6-4-2;8-7(9)6-4-2-1-3-5-6/h18,20H,3-17,19H2,1-2H3;1-5H,(H,8,9). The minimum atomic E-state index is -0.879. The fourth-order valence-electron chi connectivity index (χ4n) is 3.83. The molecule has 0 saturated heterocycles. The average molecular weight is 443 g/mol. The van der Waals surface area contributed by atoms with Gasteiger partial charge >= 0.3 is 5.97 Å². The molecule has 0 unspecified atom stereocenters. The first-order valence-electron chi connectivity index (χ1n) is 13.0. The molecule has 2 aromatic rings. The van der Waals surface area contributed by atoms with Crippen LogP contribution in [-0.2, 0) is 13.0 Å². The zero-order valence-corrected chi connectivity index (χ0v) is 20.6. The summed E-state index contributed by atoms with van der Waals surface area (Å²) >= 11 is 0. The number of carboxylic acids is 1. The second-order valence-electron chi connectivity index (χ2n) is 8.70. The van der Waals surface area contributed by atoms with Gasteiger partial charge in [-0.2, -0.15) is 0 Å². The Hall–Kier alpha value is -2.10. The summed E-state index contributed by atoms with van der Waals surface area (Å²) in [5, 5.41) is 8.38. The molecule has 0 saturated carbocycles. The number of hydrogen-bond donors (Lipinski definition) is 1. The van der Waals surface area contributed by atoms with Crippen LogP contribution in [0.3, 0.4) is 0 Å². The summed E-state index contributed by atoms with van der Waals surface area (Å²) in [6.07, 6.45) is 24.7. The number of benzene rings is 1. The number of aromatic carboxylic acids is 1. The monoisotopic (exact) mass is 442 g/mol. The Bertz CT molecular complexity index is 649. The highest BCUT2D eigenvalue weighted by Crippen LogP contribution is 2.12. The molecule has 1 aromatic heterocycles. The number of carboxylic acid groups (broad SMARTS) is 1. The second kappa shape index (κ2) is 19.6. The van der Waals surface area contributed by atoms with Gasteiger partial charge in [0, 0.05) is 25.4 Å². The molecule has 1 N–H and O–H groups in total. The summed E-state index contributed by atoms with van der Waals surface area (Å²) < 4.78 is 2.39. The Morgan fingerprint density at radius 1 is 0.781 bits per heavy atom. The summed E-state index contributed by atoms with van der Waals surface area (Å²) in [7, 11) is 0. The molecule has 4 nitrogen and oxygen atoms in total. The van der Waals surface area contributed by atoms with Crippen LogP contribution in [0.5, 0.6) is 0 Å². The average Bonchev–Trinajstić information content (AvgIpc) is 3.26. The van der Waals surface area contributed by atoms with E-state index in [1.165, 1.54) is 102 Å². The van der Waals surface area contributed by atoms with E-state index >= 15 is 0 Å². The Morgan fingerprint density at radius 3 is 1.84 bits per heavy atom. The molecule has 0 aliphatic heterocycles. The fraction of sp³-hybridized carbons (Fsp3) is 0.643. The van der Waals surface area contributed by atoms with Crippen molar-refractivity contribution in [1.29, 1.82) is 0 Å². The summed E-state index contributed by atoms with van der Waals surface area (Å²) in [5.41, 5.74) is 0.331. The van der Waals surface area contributed by atoms with Gasteiger partial charge in [-0.3, -0.25) is 0 Å². The van der Waals surface area contributed by atoms with E-state index in [9.17, 15) is 4.79 Å². The van der Waals surface area contributed by atoms with Gasteiger partial charge in [0.05, 0.1) is 5.56 Å². The van der Waals surface area contributed by atoms with Crippen LogP contribution in [-0.4, -0.2) is 20.6 Å². The van der Waals surface area contributed by atoms with E-state index in [1.807, 2.05) is 6.20 Å². The lowest BCUT2D eigenvalue weighted by atomic mass is 10.1. The highest BCUT2D eigenvalue weighted by atomic mass is 16.4. The van der Waals surface area contributed by atoms with Crippen molar-refractivity contribution in [1.82, 2.24) is 9.55 Å². The maximum atomic E-state index is 10.2. The molecule has 0 fully saturated rings. The number of rotatable bonds is 17. The third-order valence-electron chi connectivity index (χ3n) is 5.83. The van der Waals surface area contributed by atoms with Gasteiger partial charge in [0.15, 0.2) is 0 Å². The van der Waals surface area contributed by atoms with Gasteiger partial charge in [-0.15, -0.1) is 0 Å². The van der Waals surface area contributed by atoms with Crippen molar-refractivity contribution < 1.29 is 9.90 Å². The predicted molar refractivity (Wildman–Crippen MR) is 135 cm³/mol. The molecule has 180 valence electrons. The highest BCUT2D eigenvalue weighted by molar-refractivity contribution is 5.87. The van der Waals surface area contributed by atoms with Crippen LogP contribution in [0, 0.1) is 0 Å². The van der Waals surface area contributed by atoms with E-state index in [1.54, 1.807) is 30.3 Å². The first-order chi connectivity index (χ1) is 15.7. The van der Waals surface area contributed by atoms with Crippen molar-refractivity contribution in [3.05, 3.63) is 54.1 Å². The smallest absolute Gasteiger partial charge is 0.335 e. The normalized spacial score (nSPS) is 10.6. The molecule has 0 spiro atoms. The SMILES string of the molecule is CCCCCCCCCc1nccn1CCCCCCCCC.O=C(O)c1ccccc1. The van der Waals surface area contributed by atoms with Crippen LogP contribution in [0.25, 0.3) is 0 Å². The lowest BCUT2D eigenvalue weighted by Crippen LogP contribution is -2.03.